The summed E-state index contributed by atoms with van der Waals surface area (Å²) >= 11 is 6.29. The maximum absolute atomic E-state index is 9.09. The molecule has 0 aliphatic rings. The van der Waals surface area contributed by atoms with Crippen LogP contribution in [-0.4, -0.2) is 9.55 Å². The van der Waals surface area contributed by atoms with E-state index < -0.39 is 0 Å². The minimum Gasteiger partial charge on any atom is -0.325 e. The molecule has 0 saturated heterocycles. The molecule has 0 bridgehead atoms. The van der Waals surface area contributed by atoms with Gasteiger partial charge in [0, 0.05) is 16.1 Å². The van der Waals surface area contributed by atoms with Crippen LogP contribution in [0.15, 0.2) is 42.5 Å². The van der Waals surface area contributed by atoms with Crippen LogP contribution >= 0.6 is 11.6 Å². The normalized spacial score (nSPS) is 10.8. The summed E-state index contributed by atoms with van der Waals surface area (Å²) in [7, 11) is 0. The number of hydrogen-bond donors (Lipinski definition) is 0. The predicted octanol–water partition coefficient (Wildman–Crippen LogP) is 4.56. The van der Waals surface area contributed by atoms with Gasteiger partial charge in [0.15, 0.2) is 0 Å². The highest BCUT2D eigenvalue weighted by atomic mass is 35.5. The molecule has 3 nitrogen and oxygen atoms in total. The maximum atomic E-state index is 9.09. The molecule has 0 N–H and O–H groups in total. The summed E-state index contributed by atoms with van der Waals surface area (Å²) in [6.07, 6.45) is 2.03. The Labute approximate surface area is 134 Å². The van der Waals surface area contributed by atoms with E-state index in [0.717, 1.165) is 34.5 Å². The lowest BCUT2D eigenvalue weighted by Crippen LogP contribution is -2.06. The van der Waals surface area contributed by atoms with Crippen LogP contribution in [0.1, 0.15) is 30.3 Å². The monoisotopic (exact) mass is 309 g/mol. The average Bonchev–Trinajstić information content (AvgIpc) is 2.87. The van der Waals surface area contributed by atoms with Crippen molar-refractivity contribution in [3.63, 3.8) is 0 Å². The van der Waals surface area contributed by atoms with Gasteiger partial charge in [-0.2, -0.15) is 5.26 Å². The summed E-state index contributed by atoms with van der Waals surface area (Å²) in [6.45, 7) is 2.83. The molecular formula is C18H16ClN3. The van der Waals surface area contributed by atoms with E-state index in [0.29, 0.717) is 12.2 Å². The summed E-state index contributed by atoms with van der Waals surface area (Å²) in [5.41, 5.74) is 3.57. The van der Waals surface area contributed by atoms with E-state index in [-0.39, 0.29) is 0 Å². The minimum absolute atomic E-state index is 0.439. The van der Waals surface area contributed by atoms with Gasteiger partial charge in [0.1, 0.15) is 17.4 Å². The summed E-state index contributed by atoms with van der Waals surface area (Å²) in [5, 5.41) is 10.9. The molecule has 3 aromatic rings. The zero-order valence-corrected chi connectivity index (χ0v) is 13.1. The zero-order valence-electron chi connectivity index (χ0n) is 12.4. The highest BCUT2D eigenvalue weighted by Crippen LogP contribution is 2.24. The van der Waals surface area contributed by atoms with Gasteiger partial charge in [0.25, 0.3) is 0 Å². The lowest BCUT2D eigenvalue weighted by atomic mass is 10.2. The molecule has 0 aliphatic carbocycles. The fraction of sp³-hybridized carbons (Fsp3) is 0.222. The van der Waals surface area contributed by atoms with E-state index in [1.807, 2.05) is 30.3 Å². The molecule has 0 fully saturated rings. The largest absolute Gasteiger partial charge is 0.325 e. The molecule has 22 heavy (non-hydrogen) atoms. The Morgan fingerprint density at radius 1 is 1.23 bits per heavy atom. The van der Waals surface area contributed by atoms with Crippen molar-refractivity contribution in [1.82, 2.24) is 9.55 Å². The highest BCUT2D eigenvalue weighted by Gasteiger charge is 2.12. The van der Waals surface area contributed by atoms with Crippen molar-refractivity contribution < 1.29 is 0 Å². The first-order valence-corrected chi connectivity index (χ1v) is 7.73. The van der Waals surface area contributed by atoms with Crippen molar-refractivity contribution in [3.05, 3.63) is 64.4 Å². The topological polar surface area (TPSA) is 41.6 Å². The standard InChI is InChI=1S/C18H16ClN3/c1-2-5-16-10-13-8-9-15(11-20)21-18(13)22(16)12-14-6-3-4-7-17(14)19/h3-4,6-10H,2,5,12H2,1H3. The number of nitriles is 1. The van der Waals surface area contributed by atoms with Gasteiger partial charge in [-0.3, -0.25) is 0 Å². The van der Waals surface area contributed by atoms with E-state index in [1.165, 1.54) is 5.69 Å². The number of rotatable bonds is 4. The van der Waals surface area contributed by atoms with E-state index in [1.54, 1.807) is 6.07 Å². The van der Waals surface area contributed by atoms with Gasteiger partial charge in [-0.1, -0.05) is 43.1 Å². The van der Waals surface area contributed by atoms with Crippen molar-refractivity contribution in [1.29, 1.82) is 5.26 Å². The van der Waals surface area contributed by atoms with Gasteiger partial charge in [0.05, 0.1) is 6.54 Å². The number of halogens is 1. The molecule has 3 rings (SSSR count). The van der Waals surface area contributed by atoms with Crippen LogP contribution < -0.4 is 0 Å². The zero-order chi connectivity index (χ0) is 15.5. The Balaban J connectivity index is 2.14. The maximum Gasteiger partial charge on any atom is 0.142 e. The second-order valence-electron chi connectivity index (χ2n) is 5.28. The molecule has 0 spiro atoms. The number of aryl methyl sites for hydroxylation is 1. The van der Waals surface area contributed by atoms with E-state index >= 15 is 0 Å². The molecule has 0 amide bonds. The molecule has 4 heteroatoms. The minimum atomic E-state index is 0.439. The lowest BCUT2D eigenvalue weighted by Gasteiger charge is -2.11. The Morgan fingerprint density at radius 2 is 2.05 bits per heavy atom. The number of pyridine rings is 1. The van der Waals surface area contributed by atoms with Crippen LogP contribution in [0, 0.1) is 11.3 Å². The highest BCUT2D eigenvalue weighted by molar-refractivity contribution is 6.31. The van der Waals surface area contributed by atoms with Crippen LogP contribution in [0.2, 0.25) is 5.02 Å². The fourth-order valence-corrected chi connectivity index (χ4v) is 2.88. The third-order valence-corrected chi connectivity index (χ3v) is 4.11. The lowest BCUT2D eigenvalue weighted by molar-refractivity contribution is 0.739. The smallest absolute Gasteiger partial charge is 0.142 e. The third-order valence-electron chi connectivity index (χ3n) is 3.74. The van der Waals surface area contributed by atoms with Crippen molar-refractivity contribution in [2.75, 3.05) is 0 Å². The van der Waals surface area contributed by atoms with Gasteiger partial charge in [0.2, 0.25) is 0 Å². The first-order valence-electron chi connectivity index (χ1n) is 7.35. The number of aromatic nitrogens is 2. The van der Waals surface area contributed by atoms with Gasteiger partial charge in [-0.05, 0) is 36.2 Å². The predicted molar refractivity (Wildman–Crippen MR) is 89.0 cm³/mol. The second kappa shape index (κ2) is 6.21. The van der Waals surface area contributed by atoms with Gasteiger partial charge < -0.3 is 4.57 Å². The first-order chi connectivity index (χ1) is 10.7. The van der Waals surface area contributed by atoms with Gasteiger partial charge >= 0.3 is 0 Å². The van der Waals surface area contributed by atoms with Crippen molar-refractivity contribution in [3.8, 4) is 6.07 Å². The number of fused-ring (bicyclic) bond motifs is 1. The summed E-state index contributed by atoms with van der Waals surface area (Å²) < 4.78 is 2.17. The van der Waals surface area contributed by atoms with Crippen molar-refractivity contribution in [2.24, 2.45) is 0 Å². The summed E-state index contributed by atoms with van der Waals surface area (Å²) in [4.78, 5) is 4.48. The SMILES string of the molecule is CCCc1cc2ccc(C#N)nc2n1Cc1ccccc1Cl. The van der Waals surface area contributed by atoms with Gasteiger partial charge in [-0.25, -0.2) is 4.98 Å². The summed E-state index contributed by atoms with van der Waals surface area (Å²) in [5.74, 6) is 0. The third kappa shape index (κ3) is 2.70. The fourth-order valence-electron chi connectivity index (χ4n) is 2.68. The first kappa shape index (κ1) is 14.6. The van der Waals surface area contributed by atoms with Crippen LogP contribution in [-0.2, 0) is 13.0 Å². The van der Waals surface area contributed by atoms with E-state index in [9.17, 15) is 0 Å². The quantitative estimate of drug-likeness (QED) is 0.709. The van der Waals surface area contributed by atoms with Crippen LogP contribution in [0.4, 0.5) is 0 Å². The van der Waals surface area contributed by atoms with Gasteiger partial charge in [-0.15, -0.1) is 0 Å². The Morgan fingerprint density at radius 3 is 2.77 bits per heavy atom. The number of hydrogen-bond acceptors (Lipinski definition) is 2. The molecule has 2 aromatic heterocycles. The van der Waals surface area contributed by atoms with Crippen LogP contribution in [0.3, 0.4) is 0 Å². The molecule has 2 heterocycles. The van der Waals surface area contributed by atoms with Crippen molar-refractivity contribution >= 4 is 22.6 Å². The van der Waals surface area contributed by atoms with E-state index in [2.05, 4.69) is 28.6 Å². The molecule has 0 aliphatic heterocycles. The van der Waals surface area contributed by atoms with Crippen LogP contribution in [0.25, 0.3) is 11.0 Å². The molecule has 0 radical (unpaired) electrons. The van der Waals surface area contributed by atoms with Crippen LogP contribution in [0.5, 0.6) is 0 Å². The molecule has 110 valence electrons. The molecular weight excluding hydrogens is 294 g/mol. The second-order valence-corrected chi connectivity index (χ2v) is 5.69. The Kier molecular flexibility index (Phi) is 4.13. The average molecular weight is 310 g/mol. The van der Waals surface area contributed by atoms with Crippen molar-refractivity contribution in [2.45, 2.75) is 26.3 Å². The molecule has 0 atom stereocenters. The Bertz CT molecular complexity index is 858. The Hall–Kier alpha value is -2.31. The molecule has 0 unspecified atom stereocenters. The van der Waals surface area contributed by atoms with E-state index in [4.69, 9.17) is 16.9 Å². The number of benzene rings is 1. The summed E-state index contributed by atoms with van der Waals surface area (Å²) in [6, 6.07) is 15.8. The molecule has 0 saturated carbocycles. The molecule has 1 aromatic carbocycles. The number of nitrogens with zero attached hydrogens (tertiary/aromatic N) is 3.